The zero-order valence-corrected chi connectivity index (χ0v) is 11.1. The number of hydrogen-bond donors (Lipinski definition) is 0. The molecule has 6 nitrogen and oxygen atoms in total. The van der Waals surface area contributed by atoms with Gasteiger partial charge >= 0.3 is 11.4 Å². The largest absolute Gasteiger partial charge is 0.489 e. The molecule has 0 unspecified atom stereocenters. The number of ether oxygens (including phenoxy) is 2. The molecule has 0 aliphatic heterocycles. The molecule has 0 bridgehead atoms. The second kappa shape index (κ2) is 5.68. The first-order chi connectivity index (χ1) is 9.73. The summed E-state index contributed by atoms with van der Waals surface area (Å²) in [4.78, 5) is 6.28. The Morgan fingerprint density at radius 3 is 1.45 bits per heavy atom. The maximum Gasteiger partial charge on any atom is 0.426 e. The third kappa shape index (κ3) is 2.36. The summed E-state index contributed by atoms with van der Waals surface area (Å²) >= 11 is 0. The van der Waals surface area contributed by atoms with E-state index < -0.39 is 0 Å². The van der Waals surface area contributed by atoms with Crippen LogP contribution < -0.4 is 9.47 Å². The lowest BCUT2D eigenvalue weighted by Crippen LogP contribution is -1.87. The zero-order chi connectivity index (χ0) is 14.5. The fourth-order valence-electron chi connectivity index (χ4n) is 1.88. The summed E-state index contributed by atoms with van der Waals surface area (Å²) in [5, 5.41) is 17.7. The van der Waals surface area contributed by atoms with Gasteiger partial charge in [-0.15, -0.1) is 0 Å². The predicted molar refractivity (Wildman–Crippen MR) is 74.5 cm³/mol. The van der Waals surface area contributed by atoms with Gasteiger partial charge in [-0.3, -0.25) is 0 Å². The van der Waals surface area contributed by atoms with Crippen LogP contribution >= 0.6 is 0 Å². The van der Waals surface area contributed by atoms with Crippen LogP contribution in [0.3, 0.4) is 0 Å². The first kappa shape index (κ1) is 13.3. The van der Waals surface area contributed by atoms with E-state index in [1.807, 2.05) is 0 Å². The average Bonchev–Trinajstić information content (AvgIpc) is 2.53. The first-order valence-electron chi connectivity index (χ1n) is 5.80. The molecule has 0 amide bonds. The highest BCUT2D eigenvalue weighted by atomic mass is 16.5. The lowest BCUT2D eigenvalue weighted by molar-refractivity contribution is 0.416. The van der Waals surface area contributed by atoms with Gasteiger partial charge in [0.25, 0.3) is 0 Å². The summed E-state index contributed by atoms with van der Waals surface area (Å²) in [5.74, 6) is 0.916. The summed E-state index contributed by atoms with van der Waals surface area (Å²) in [6.07, 6.45) is 0. The van der Waals surface area contributed by atoms with Crippen LogP contribution in [0.25, 0.3) is 21.1 Å². The molecular formula is C14H12N4O2+2. The molecule has 98 valence electrons. The van der Waals surface area contributed by atoms with Crippen molar-refractivity contribution in [2.75, 3.05) is 14.2 Å². The van der Waals surface area contributed by atoms with Crippen molar-refractivity contribution in [3.05, 3.63) is 46.4 Å². The minimum Gasteiger partial charge on any atom is -0.489 e. The molecule has 0 saturated carbocycles. The van der Waals surface area contributed by atoms with Crippen LogP contribution in [0.1, 0.15) is 0 Å². The average molecular weight is 268 g/mol. The maximum atomic E-state index is 8.85. The molecule has 0 atom stereocenters. The van der Waals surface area contributed by atoms with Gasteiger partial charge < -0.3 is 9.47 Å². The standard InChI is InChI=1S/C14H12N4O2/c1-19-13-7-9(3-5-11(13)17-15)10-4-6-12(18-16)14(8-10)20-2/h3-8H,1-2H3/q+2. The Labute approximate surface area is 115 Å². The van der Waals surface area contributed by atoms with Crippen LogP contribution in [-0.4, -0.2) is 14.2 Å². The van der Waals surface area contributed by atoms with Crippen molar-refractivity contribution in [2.45, 2.75) is 0 Å². The number of methoxy groups -OCH3 is 2. The normalized spacial score (nSPS) is 9.40. The maximum absolute atomic E-state index is 8.85. The highest BCUT2D eigenvalue weighted by molar-refractivity contribution is 5.75. The van der Waals surface area contributed by atoms with Gasteiger partial charge in [-0.05, 0) is 35.4 Å². The van der Waals surface area contributed by atoms with E-state index in [1.165, 1.54) is 14.2 Å². The lowest BCUT2D eigenvalue weighted by atomic mass is 10.0. The summed E-state index contributed by atoms with van der Waals surface area (Å²) in [5.41, 5.74) is 2.42. The van der Waals surface area contributed by atoms with Crippen molar-refractivity contribution in [2.24, 2.45) is 0 Å². The van der Waals surface area contributed by atoms with Crippen molar-refractivity contribution in [3.8, 4) is 22.6 Å². The molecule has 2 aromatic carbocycles. The SMILES string of the molecule is COc1cc(-c2ccc([N+]#N)c(OC)c2)ccc1[N+]#N. The number of nitrogens with zero attached hydrogens (tertiary/aromatic N) is 4. The fourth-order valence-corrected chi connectivity index (χ4v) is 1.88. The minimum atomic E-state index is 0.352. The number of benzene rings is 2. The number of rotatable bonds is 3. The van der Waals surface area contributed by atoms with Crippen LogP contribution in [0.2, 0.25) is 0 Å². The van der Waals surface area contributed by atoms with Gasteiger partial charge in [-0.25, -0.2) is 0 Å². The quantitative estimate of drug-likeness (QED) is 0.776. The molecule has 2 rings (SSSR count). The van der Waals surface area contributed by atoms with Gasteiger partial charge in [0.2, 0.25) is 22.3 Å². The van der Waals surface area contributed by atoms with Crippen LogP contribution in [0, 0.1) is 10.8 Å². The minimum absolute atomic E-state index is 0.352. The molecule has 0 aliphatic carbocycles. The van der Waals surface area contributed by atoms with Gasteiger partial charge in [-0.1, -0.05) is 0 Å². The Bertz CT molecular complexity index is 665. The van der Waals surface area contributed by atoms with E-state index in [9.17, 15) is 0 Å². The third-order valence-electron chi connectivity index (χ3n) is 2.91. The Balaban J connectivity index is 2.52. The third-order valence-corrected chi connectivity index (χ3v) is 2.91. The molecule has 0 heterocycles. The van der Waals surface area contributed by atoms with E-state index in [0.29, 0.717) is 22.9 Å². The van der Waals surface area contributed by atoms with Crippen LogP contribution in [0.5, 0.6) is 11.5 Å². The Morgan fingerprint density at radius 1 is 0.750 bits per heavy atom. The van der Waals surface area contributed by atoms with E-state index >= 15 is 0 Å². The fraction of sp³-hybridized carbons (Fsp3) is 0.143. The summed E-state index contributed by atoms with van der Waals surface area (Å²) in [6.45, 7) is 0. The van der Waals surface area contributed by atoms with Gasteiger partial charge in [-0.2, -0.15) is 0 Å². The molecular weight excluding hydrogens is 256 g/mol. The lowest BCUT2D eigenvalue weighted by Gasteiger charge is -2.04. The van der Waals surface area contributed by atoms with Crippen molar-refractivity contribution < 1.29 is 9.47 Å². The van der Waals surface area contributed by atoms with Gasteiger partial charge in [0.05, 0.1) is 14.2 Å². The summed E-state index contributed by atoms with van der Waals surface area (Å²) < 4.78 is 10.3. The van der Waals surface area contributed by atoms with Crippen molar-refractivity contribution in [1.29, 1.82) is 10.8 Å². The Hall–Kier alpha value is -3.12. The van der Waals surface area contributed by atoms with Gasteiger partial charge in [0.1, 0.15) is 0 Å². The Kier molecular flexibility index (Phi) is 3.78. The predicted octanol–water partition coefficient (Wildman–Crippen LogP) is 4.34. The van der Waals surface area contributed by atoms with E-state index in [0.717, 1.165) is 11.1 Å². The summed E-state index contributed by atoms with van der Waals surface area (Å²) in [7, 11) is 3.00. The molecule has 0 spiro atoms. The Morgan fingerprint density at radius 2 is 1.15 bits per heavy atom. The van der Waals surface area contributed by atoms with E-state index in [2.05, 4.69) is 9.95 Å². The van der Waals surface area contributed by atoms with Crippen molar-refractivity contribution >= 4 is 11.4 Å². The van der Waals surface area contributed by atoms with Gasteiger partial charge in [0, 0.05) is 12.1 Å². The highest BCUT2D eigenvalue weighted by Gasteiger charge is 2.18. The second-order valence-electron chi connectivity index (χ2n) is 3.97. The smallest absolute Gasteiger partial charge is 0.426 e. The summed E-state index contributed by atoms with van der Waals surface area (Å²) in [6, 6.07) is 10.4. The zero-order valence-electron chi connectivity index (χ0n) is 11.1. The molecule has 6 heteroatoms. The van der Waals surface area contributed by atoms with E-state index in [1.54, 1.807) is 36.4 Å². The van der Waals surface area contributed by atoms with Crippen molar-refractivity contribution in [1.82, 2.24) is 0 Å². The van der Waals surface area contributed by atoms with E-state index in [-0.39, 0.29) is 0 Å². The van der Waals surface area contributed by atoms with Gasteiger partial charge in [0.15, 0.2) is 9.95 Å². The van der Waals surface area contributed by atoms with Crippen LogP contribution in [0.15, 0.2) is 36.4 Å². The number of diazo groups is 2. The molecule has 0 saturated heterocycles. The molecule has 0 N–H and O–H groups in total. The molecule has 0 aliphatic rings. The van der Waals surface area contributed by atoms with Crippen molar-refractivity contribution in [3.63, 3.8) is 0 Å². The second-order valence-corrected chi connectivity index (χ2v) is 3.97. The topological polar surface area (TPSA) is 74.8 Å². The monoisotopic (exact) mass is 268 g/mol. The molecule has 2 aromatic rings. The highest BCUT2D eigenvalue weighted by Crippen LogP contribution is 2.36. The molecule has 20 heavy (non-hydrogen) atoms. The number of hydrogen-bond acceptors (Lipinski definition) is 4. The van der Waals surface area contributed by atoms with Crippen LogP contribution in [-0.2, 0) is 0 Å². The molecule has 0 radical (unpaired) electrons. The molecule has 0 fully saturated rings. The first-order valence-corrected chi connectivity index (χ1v) is 5.80. The molecule has 0 aromatic heterocycles. The van der Waals surface area contributed by atoms with Crippen LogP contribution in [0.4, 0.5) is 11.4 Å². The van der Waals surface area contributed by atoms with E-state index in [4.69, 9.17) is 20.3 Å².